The van der Waals surface area contributed by atoms with Crippen molar-refractivity contribution in [3.05, 3.63) is 35.9 Å². The molecule has 2 atom stereocenters. The normalized spacial score (nSPS) is 22.6. The summed E-state index contributed by atoms with van der Waals surface area (Å²) < 4.78 is 10.8. The van der Waals surface area contributed by atoms with Crippen molar-refractivity contribution in [3.8, 4) is 0 Å². The van der Waals surface area contributed by atoms with Gasteiger partial charge in [0.05, 0.1) is 13.2 Å². The van der Waals surface area contributed by atoms with Crippen molar-refractivity contribution in [2.45, 2.75) is 58.7 Å². The van der Waals surface area contributed by atoms with Gasteiger partial charge in [0.1, 0.15) is 11.1 Å². The van der Waals surface area contributed by atoms with Crippen molar-refractivity contribution < 1.29 is 19.1 Å². The van der Waals surface area contributed by atoms with E-state index in [1.807, 2.05) is 58.0 Å². The summed E-state index contributed by atoms with van der Waals surface area (Å²) in [6.45, 7) is 9.80. The van der Waals surface area contributed by atoms with Crippen LogP contribution in [-0.4, -0.2) is 34.7 Å². The second kappa shape index (κ2) is 6.83. The van der Waals surface area contributed by atoms with Crippen molar-refractivity contribution >= 4 is 12.1 Å². The molecule has 1 saturated carbocycles. The van der Waals surface area contributed by atoms with Gasteiger partial charge in [-0.25, -0.2) is 9.59 Å². The molecular formula is C19H27NO4. The monoisotopic (exact) mass is 333 g/mol. The molecule has 1 aliphatic rings. The van der Waals surface area contributed by atoms with Crippen LogP contribution < -0.4 is 0 Å². The van der Waals surface area contributed by atoms with E-state index in [1.54, 1.807) is 6.92 Å². The zero-order valence-electron chi connectivity index (χ0n) is 15.2. The number of amides is 1. The average Bonchev–Trinajstić information content (AvgIpc) is 3.16. The van der Waals surface area contributed by atoms with Crippen LogP contribution in [0.25, 0.3) is 0 Å². The third-order valence-corrected chi connectivity index (χ3v) is 4.18. The van der Waals surface area contributed by atoms with Crippen LogP contribution in [0.3, 0.4) is 0 Å². The van der Waals surface area contributed by atoms with Gasteiger partial charge in [0.15, 0.2) is 0 Å². The maximum atomic E-state index is 12.8. The quantitative estimate of drug-likeness (QED) is 0.770. The van der Waals surface area contributed by atoms with Gasteiger partial charge in [-0.15, -0.1) is 0 Å². The first-order chi connectivity index (χ1) is 11.2. The van der Waals surface area contributed by atoms with Crippen LogP contribution >= 0.6 is 0 Å². The summed E-state index contributed by atoms with van der Waals surface area (Å²) in [6.07, 6.45) is 0.113. The molecule has 0 N–H and O–H groups in total. The van der Waals surface area contributed by atoms with Gasteiger partial charge in [0.2, 0.25) is 0 Å². The Kier molecular flexibility index (Phi) is 5.21. The lowest BCUT2D eigenvalue weighted by atomic mass is 10.1. The molecule has 0 spiro atoms. The summed E-state index contributed by atoms with van der Waals surface area (Å²) in [5, 5.41) is 0. The number of ether oxygens (including phenoxy) is 2. The van der Waals surface area contributed by atoms with Crippen molar-refractivity contribution in [2.75, 3.05) is 6.61 Å². The van der Waals surface area contributed by atoms with Crippen LogP contribution in [0, 0.1) is 5.92 Å². The Hall–Kier alpha value is -2.04. The summed E-state index contributed by atoms with van der Waals surface area (Å²) in [7, 11) is 0. The standard InChI is InChI=1S/C19H27NO4/c1-6-23-16(21)19(12-14(19)2)20(17(22)24-18(3,4)5)13-15-10-8-7-9-11-15/h7-11,14H,6,12-13H2,1-5H3/t14-,19-/m1/s1. The average molecular weight is 333 g/mol. The lowest BCUT2D eigenvalue weighted by Crippen LogP contribution is -2.50. The van der Waals surface area contributed by atoms with Gasteiger partial charge in [-0.1, -0.05) is 37.3 Å². The van der Waals surface area contributed by atoms with Gasteiger partial charge >= 0.3 is 12.1 Å². The minimum atomic E-state index is -0.922. The first-order valence-corrected chi connectivity index (χ1v) is 8.42. The summed E-state index contributed by atoms with van der Waals surface area (Å²) in [5.74, 6) is -0.299. The van der Waals surface area contributed by atoms with Crippen molar-refractivity contribution in [1.29, 1.82) is 0 Å². The van der Waals surface area contributed by atoms with E-state index in [-0.39, 0.29) is 11.9 Å². The second-order valence-electron chi connectivity index (χ2n) is 7.30. The summed E-state index contributed by atoms with van der Waals surface area (Å²) in [5.41, 5.74) is -0.597. The zero-order valence-corrected chi connectivity index (χ0v) is 15.2. The van der Waals surface area contributed by atoms with E-state index >= 15 is 0 Å². The second-order valence-corrected chi connectivity index (χ2v) is 7.30. The van der Waals surface area contributed by atoms with E-state index in [4.69, 9.17) is 9.47 Å². The smallest absolute Gasteiger partial charge is 0.411 e. The van der Waals surface area contributed by atoms with Gasteiger partial charge < -0.3 is 9.47 Å². The summed E-state index contributed by atoms with van der Waals surface area (Å²) in [6, 6.07) is 9.61. The molecule has 5 nitrogen and oxygen atoms in total. The van der Waals surface area contributed by atoms with Crippen LogP contribution in [0.15, 0.2) is 30.3 Å². The van der Waals surface area contributed by atoms with E-state index in [1.165, 1.54) is 4.90 Å². The molecule has 5 heteroatoms. The zero-order chi connectivity index (χ0) is 18.0. The molecule has 132 valence electrons. The van der Waals surface area contributed by atoms with E-state index in [2.05, 4.69) is 0 Å². The summed E-state index contributed by atoms with van der Waals surface area (Å²) in [4.78, 5) is 26.9. The molecule has 1 aliphatic carbocycles. The molecule has 0 aromatic heterocycles. The number of carbonyl (C=O) groups excluding carboxylic acids is 2. The highest BCUT2D eigenvalue weighted by atomic mass is 16.6. The lowest BCUT2D eigenvalue weighted by Gasteiger charge is -2.33. The van der Waals surface area contributed by atoms with E-state index in [9.17, 15) is 9.59 Å². The first-order valence-electron chi connectivity index (χ1n) is 8.42. The fraction of sp³-hybridized carbons (Fsp3) is 0.579. The number of benzene rings is 1. The number of nitrogens with zero attached hydrogens (tertiary/aromatic N) is 1. The van der Waals surface area contributed by atoms with Crippen molar-refractivity contribution in [3.63, 3.8) is 0 Å². The highest BCUT2D eigenvalue weighted by Crippen LogP contribution is 2.50. The molecule has 0 unspecified atom stereocenters. The van der Waals surface area contributed by atoms with Gasteiger partial charge in [0.25, 0.3) is 0 Å². The number of esters is 1. The molecule has 0 radical (unpaired) electrons. The Balaban J connectivity index is 2.31. The van der Waals surface area contributed by atoms with Gasteiger partial charge in [-0.05, 0) is 45.6 Å². The topological polar surface area (TPSA) is 55.8 Å². The highest BCUT2D eigenvalue weighted by Gasteiger charge is 2.64. The molecule has 1 aromatic rings. The number of carbonyl (C=O) groups is 2. The Labute approximate surface area is 143 Å². The predicted molar refractivity (Wildman–Crippen MR) is 91.4 cm³/mol. The van der Waals surface area contributed by atoms with E-state index in [0.29, 0.717) is 19.6 Å². The molecule has 1 fully saturated rings. The molecular weight excluding hydrogens is 306 g/mol. The lowest BCUT2D eigenvalue weighted by molar-refractivity contribution is -0.152. The number of rotatable bonds is 5. The van der Waals surface area contributed by atoms with Crippen molar-refractivity contribution in [2.24, 2.45) is 5.92 Å². The fourth-order valence-electron chi connectivity index (χ4n) is 2.89. The highest BCUT2D eigenvalue weighted by molar-refractivity contribution is 5.89. The Morgan fingerprint density at radius 1 is 1.25 bits per heavy atom. The molecule has 0 bridgehead atoms. The predicted octanol–water partition coefficient (Wildman–Crippen LogP) is 3.77. The molecule has 1 amide bonds. The van der Waals surface area contributed by atoms with Crippen LogP contribution in [0.5, 0.6) is 0 Å². The minimum Gasteiger partial charge on any atom is -0.464 e. The van der Waals surface area contributed by atoms with Crippen LogP contribution in [0.2, 0.25) is 0 Å². The third-order valence-electron chi connectivity index (χ3n) is 4.18. The maximum absolute atomic E-state index is 12.8. The van der Waals surface area contributed by atoms with Crippen LogP contribution in [0.4, 0.5) is 4.79 Å². The Morgan fingerprint density at radius 3 is 2.29 bits per heavy atom. The molecule has 1 aromatic carbocycles. The first kappa shape index (κ1) is 18.3. The molecule has 2 rings (SSSR count). The Bertz CT molecular complexity index is 593. The SMILES string of the molecule is CCOC(=O)[C@@]1(N(Cc2ccccc2)C(=O)OC(C)(C)C)C[C@H]1C. The van der Waals surface area contributed by atoms with Gasteiger partial charge in [0, 0.05) is 0 Å². The number of hydrogen-bond acceptors (Lipinski definition) is 4. The van der Waals surface area contributed by atoms with Gasteiger partial charge in [-0.2, -0.15) is 0 Å². The fourth-order valence-corrected chi connectivity index (χ4v) is 2.89. The molecule has 24 heavy (non-hydrogen) atoms. The third kappa shape index (κ3) is 3.89. The molecule has 0 saturated heterocycles. The Morgan fingerprint density at radius 2 is 1.83 bits per heavy atom. The van der Waals surface area contributed by atoms with E-state index in [0.717, 1.165) is 5.56 Å². The minimum absolute atomic E-state index is 0.0489. The summed E-state index contributed by atoms with van der Waals surface area (Å²) >= 11 is 0. The van der Waals surface area contributed by atoms with Crippen LogP contribution in [0.1, 0.15) is 46.6 Å². The van der Waals surface area contributed by atoms with E-state index < -0.39 is 17.2 Å². The van der Waals surface area contributed by atoms with Gasteiger partial charge in [-0.3, -0.25) is 4.90 Å². The molecule has 0 aliphatic heterocycles. The van der Waals surface area contributed by atoms with Crippen LogP contribution in [-0.2, 0) is 20.8 Å². The maximum Gasteiger partial charge on any atom is 0.411 e. The van der Waals surface area contributed by atoms with Crippen molar-refractivity contribution in [1.82, 2.24) is 4.90 Å². The largest absolute Gasteiger partial charge is 0.464 e. The molecule has 0 heterocycles. The number of hydrogen-bond donors (Lipinski definition) is 0.